The van der Waals surface area contributed by atoms with Crippen molar-refractivity contribution in [1.29, 1.82) is 0 Å². The van der Waals surface area contributed by atoms with Gasteiger partial charge in [0.25, 0.3) is 0 Å². The van der Waals surface area contributed by atoms with Gasteiger partial charge < -0.3 is 19.3 Å². The molecule has 0 spiro atoms. The summed E-state index contributed by atoms with van der Waals surface area (Å²) in [6.07, 6.45) is 4.18. The molecule has 7 heteroatoms. The van der Waals surface area contributed by atoms with Gasteiger partial charge in [-0.25, -0.2) is 4.79 Å². The number of hydrogen-bond donors (Lipinski definition) is 0. The minimum absolute atomic E-state index is 0.00331. The Bertz CT molecular complexity index is 715. The molecule has 0 radical (unpaired) electrons. The summed E-state index contributed by atoms with van der Waals surface area (Å²) in [5.74, 6) is 0. The zero-order valence-corrected chi connectivity index (χ0v) is 19.0. The summed E-state index contributed by atoms with van der Waals surface area (Å²) in [5.41, 5.74) is 1.68. The molecule has 2 heterocycles. The molecule has 1 amide bonds. The Morgan fingerprint density at radius 2 is 2.14 bits per heavy atom. The molecule has 0 aliphatic carbocycles. The van der Waals surface area contributed by atoms with Crippen LogP contribution in [0.1, 0.15) is 38.4 Å². The summed E-state index contributed by atoms with van der Waals surface area (Å²) < 4.78 is 12.7. The van der Waals surface area contributed by atoms with E-state index in [0.29, 0.717) is 18.7 Å². The van der Waals surface area contributed by atoms with Crippen LogP contribution in [0.4, 0.5) is 4.79 Å². The Morgan fingerprint density at radius 1 is 1.46 bits per heavy atom. The van der Waals surface area contributed by atoms with Crippen LogP contribution in [-0.4, -0.2) is 44.6 Å². The molecule has 0 bridgehead atoms. The maximum Gasteiger partial charge on any atom is 0.410 e. The Hall–Kier alpha value is -1.86. The number of rotatable bonds is 6. The van der Waals surface area contributed by atoms with Crippen LogP contribution in [0, 0.1) is 12.1 Å². The van der Waals surface area contributed by atoms with Crippen molar-refractivity contribution in [2.24, 2.45) is 0 Å². The van der Waals surface area contributed by atoms with Crippen molar-refractivity contribution < 1.29 is 18.7 Å². The number of carbonyl (C=O) groups excluding carboxylic acids is 1. The molecule has 1 aliphatic rings. The average molecular weight is 407 g/mol. The van der Waals surface area contributed by atoms with Gasteiger partial charge >= 0.3 is 6.09 Å². The van der Waals surface area contributed by atoms with E-state index >= 15 is 0 Å². The van der Waals surface area contributed by atoms with Crippen LogP contribution in [0.5, 0.6) is 0 Å². The number of ether oxygens (including phenoxy) is 1. The number of aromatic nitrogens is 1. The van der Waals surface area contributed by atoms with E-state index in [1.165, 1.54) is 6.20 Å². The van der Waals surface area contributed by atoms with Gasteiger partial charge in [-0.05, 0) is 36.5 Å². The maximum atomic E-state index is 12.6. The van der Waals surface area contributed by atoms with Crippen LogP contribution in [0.15, 0.2) is 31.0 Å². The second-order valence-corrected chi connectivity index (χ2v) is 13.9. The smallest absolute Gasteiger partial charge is 0.410 e. The highest BCUT2D eigenvalue weighted by Gasteiger charge is 2.44. The first-order valence-corrected chi connectivity index (χ1v) is 12.8. The highest BCUT2D eigenvalue weighted by molar-refractivity contribution is 6.74. The lowest BCUT2D eigenvalue weighted by Gasteiger charge is -2.38. The van der Waals surface area contributed by atoms with E-state index in [1.807, 2.05) is 12.1 Å². The second-order valence-electron chi connectivity index (χ2n) is 9.11. The Kier molecular flexibility index (Phi) is 6.93. The van der Waals surface area contributed by atoms with Crippen LogP contribution in [0.25, 0.3) is 0 Å². The number of hydrogen-bond acceptors (Lipinski definition) is 4. The van der Waals surface area contributed by atoms with Gasteiger partial charge in [0, 0.05) is 31.6 Å². The molecule has 2 unspecified atom stereocenters. The third-order valence-electron chi connectivity index (χ3n) is 5.84. The molecule has 0 aromatic carbocycles. The van der Waals surface area contributed by atoms with Crippen LogP contribution < -0.4 is 4.73 Å². The zero-order chi connectivity index (χ0) is 21.1. The van der Waals surface area contributed by atoms with E-state index in [2.05, 4.69) is 40.4 Å². The van der Waals surface area contributed by atoms with Gasteiger partial charge in [0.05, 0.1) is 6.10 Å². The fraction of sp³-hybridized carbons (Fsp3) is 0.619. The molecule has 1 aromatic heterocycles. The van der Waals surface area contributed by atoms with E-state index in [0.717, 1.165) is 16.7 Å². The normalized spacial score (nSPS) is 20.3. The second kappa shape index (κ2) is 8.65. The summed E-state index contributed by atoms with van der Waals surface area (Å²) >= 11 is 0. The lowest BCUT2D eigenvalue weighted by Crippen LogP contribution is -2.44. The first-order valence-electron chi connectivity index (χ1n) is 9.85. The molecule has 28 heavy (non-hydrogen) atoms. The van der Waals surface area contributed by atoms with Gasteiger partial charge in [-0.1, -0.05) is 33.4 Å². The number of aryl methyl sites for hydroxylation is 1. The molecule has 0 N–H and O–H groups in total. The maximum absolute atomic E-state index is 12.6. The first-order chi connectivity index (χ1) is 12.9. The minimum Gasteiger partial charge on any atom is -0.619 e. The molecule has 1 aliphatic heterocycles. The van der Waals surface area contributed by atoms with E-state index in [1.54, 1.807) is 17.9 Å². The van der Waals surface area contributed by atoms with E-state index in [-0.39, 0.29) is 29.9 Å². The highest BCUT2D eigenvalue weighted by atomic mass is 28.4. The molecule has 2 rings (SSSR count). The van der Waals surface area contributed by atoms with Gasteiger partial charge in [0.1, 0.15) is 6.61 Å². The number of carbonyl (C=O) groups is 1. The van der Waals surface area contributed by atoms with Crippen molar-refractivity contribution in [3.63, 3.8) is 0 Å². The molecule has 156 valence electrons. The number of nitrogens with zero attached hydrogens (tertiary/aromatic N) is 2. The van der Waals surface area contributed by atoms with Crippen LogP contribution in [0.2, 0.25) is 18.1 Å². The van der Waals surface area contributed by atoms with E-state index in [4.69, 9.17) is 9.16 Å². The summed E-state index contributed by atoms with van der Waals surface area (Å²) in [4.78, 5) is 14.4. The summed E-state index contributed by atoms with van der Waals surface area (Å²) in [7, 11) is -1.94. The van der Waals surface area contributed by atoms with Gasteiger partial charge in [-0.2, -0.15) is 4.73 Å². The van der Waals surface area contributed by atoms with Crippen molar-refractivity contribution >= 4 is 14.4 Å². The summed E-state index contributed by atoms with van der Waals surface area (Å²) in [5, 5.41) is 11.7. The predicted octanol–water partition coefficient (Wildman–Crippen LogP) is 3.96. The summed E-state index contributed by atoms with van der Waals surface area (Å²) in [6, 6.07) is 3.67. The van der Waals surface area contributed by atoms with Crippen LogP contribution in [0.3, 0.4) is 0 Å². The average Bonchev–Trinajstić information content (AvgIpc) is 2.96. The quantitative estimate of drug-likeness (QED) is 0.310. The lowest BCUT2D eigenvalue weighted by molar-refractivity contribution is -0.612. The molecular weight excluding hydrogens is 372 g/mol. The molecule has 6 nitrogen and oxygen atoms in total. The molecule has 1 fully saturated rings. The van der Waals surface area contributed by atoms with Crippen molar-refractivity contribution in [2.75, 3.05) is 13.2 Å². The van der Waals surface area contributed by atoms with E-state index in [9.17, 15) is 10.0 Å². The molecule has 1 aromatic rings. The number of likely N-dealkylation sites (tertiary alicyclic amines) is 1. The van der Waals surface area contributed by atoms with Crippen LogP contribution in [-0.2, 0) is 15.6 Å². The number of pyridine rings is 1. The zero-order valence-electron chi connectivity index (χ0n) is 18.0. The highest BCUT2D eigenvalue weighted by Crippen LogP contribution is 2.39. The number of amides is 1. The van der Waals surface area contributed by atoms with Crippen molar-refractivity contribution in [2.45, 2.75) is 70.8 Å². The monoisotopic (exact) mass is 406 g/mol. The van der Waals surface area contributed by atoms with Gasteiger partial charge in [-0.3, -0.25) is 0 Å². The molecule has 1 saturated heterocycles. The topological polar surface area (TPSA) is 65.7 Å². The van der Waals surface area contributed by atoms with Gasteiger partial charge in [-0.15, -0.1) is 0 Å². The van der Waals surface area contributed by atoms with Gasteiger partial charge in [0.15, 0.2) is 20.2 Å². The SMILES string of the molecule is C=CCOC(=O)N1CC(O[Si](C)(C)C(C)(C)C)CC1Cc1cc[n+]([O-])c(C)c1. The largest absolute Gasteiger partial charge is 0.619 e. The molecule has 2 atom stereocenters. The third-order valence-corrected chi connectivity index (χ3v) is 10.4. The van der Waals surface area contributed by atoms with Crippen molar-refractivity contribution in [3.8, 4) is 0 Å². The van der Waals surface area contributed by atoms with Gasteiger partial charge in [0.2, 0.25) is 0 Å². The predicted molar refractivity (Wildman–Crippen MR) is 113 cm³/mol. The third kappa shape index (κ3) is 5.35. The molecule has 0 saturated carbocycles. The van der Waals surface area contributed by atoms with Crippen molar-refractivity contribution in [3.05, 3.63) is 47.4 Å². The Morgan fingerprint density at radius 3 is 2.71 bits per heavy atom. The molecular formula is C21H34N2O4Si. The summed E-state index contributed by atoms with van der Waals surface area (Å²) in [6.45, 7) is 17.2. The van der Waals surface area contributed by atoms with Crippen molar-refractivity contribution in [1.82, 2.24) is 4.90 Å². The van der Waals surface area contributed by atoms with Crippen LogP contribution >= 0.6 is 0 Å². The Labute approximate surface area is 169 Å². The standard InChI is InChI=1S/C21H34N2O4Si/c1-8-11-26-20(24)22-15-19(27-28(6,7)21(3,4)5)14-18(22)13-17-9-10-23(25)16(2)12-17/h8-10,12,18-19H,1,11,13-15H2,2-7H3. The fourth-order valence-electron chi connectivity index (χ4n) is 3.24. The lowest BCUT2D eigenvalue weighted by atomic mass is 10.0. The van der Waals surface area contributed by atoms with E-state index < -0.39 is 8.32 Å². The Balaban J connectivity index is 2.17. The first kappa shape index (κ1) is 22.4. The minimum atomic E-state index is -1.94. The fourth-order valence-corrected chi connectivity index (χ4v) is 4.60.